The van der Waals surface area contributed by atoms with Crippen molar-refractivity contribution < 1.29 is 22.7 Å². The highest BCUT2D eigenvalue weighted by atomic mass is 19.3. The molecule has 0 saturated carbocycles. The summed E-state index contributed by atoms with van der Waals surface area (Å²) in [5.41, 5.74) is 1.13. The smallest absolute Gasteiger partial charge is 0.410 e. The van der Waals surface area contributed by atoms with Crippen LogP contribution in [0.25, 0.3) is 11.1 Å². The zero-order chi connectivity index (χ0) is 18.8. The molecule has 1 aromatic heterocycles. The van der Waals surface area contributed by atoms with Gasteiger partial charge >= 0.3 is 6.09 Å². The molecule has 4 nitrogen and oxygen atoms in total. The Bertz CT molecular complexity index is 811. The Morgan fingerprint density at radius 2 is 2.00 bits per heavy atom. The van der Waals surface area contributed by atoms with Crippen molar-refractivity contribution in [2.75, 3.05) is 6.61 Å². The van der Waals surface area contributed by atoms with Gasteiger partial charge in [-0.1, -0.05) is 19.9 Å². The molecule has 2 heterocycles. The molecule has 1 atom stereocenters. The summed E-state index contributed by atoms with van der Waals surface area (Å²) < 4.78 is 44.5. The van der Waals surface area contributed by atoms with Gasteiger partial charge in [-0.25, -0.2) is 18.0 Å². The van der Waals surface area contributed by atoms with E-state index in [1.807, 2.05) is 13.8 Å². The molecular weight excluding hydrogens is 345 g/mol. The van der Waals surface area contributed by atoms with Gasteiger partial charge in [0.05, 0.1) is 18.2 Å². The number of halogens is 3. The third-order valence-corrected chi connectivity index (χ3v) is 4.49. The zero-order valence-electron chi connectivity index (χ0n) is 14.5. The summed E-state index contributed by atoms with van der Waals surface area (Å²) in [5, 5.41) is 0. The second-order valence-corrected chi connectivity index (χ2v) is 6.64. The fraction of sp³-hybridized carbons (Fsp3) is 0.368. The van der Waals surface area contributed by atoms with Gasteiger partial charge in [0.15, 0.2) is 0 Å². The number of hydrogen-bond donors (Lipinski definition) is 0. The second kappa shape index (κ2) is 7.35. The van der Waals surface area contributed by atoms with Crippen LogP contribution in [0.1, 0.15) is 31.4 Å². The highest BCUT2D eigenvalue weighted by Crippen LogP contribution is 2.29. The topological polar surface area (TPSA) is 42.4 Å². The summed E-state index contributed by atoms with van der Waals surface area (Å²) in [4.78, 5) is 17.7. The first-order valence-electron chi connectivity index (χ1n) is 8.32. The lowest BCUT2D eigenvalue weighted by molar-refractivity contribution is 0.146. The fourth-order valence-corrected chi connectivity index (χ4v) is 3.02. The molecule has 0 bridgehead atoms. The lowest BCUT2D eigenvalue weighted by Gasteiger charge is -2.24. The fourth-order valence-electron chi connectivity index (χ4n) is 3.02. The van der Waals surface area contributed by atoms with Crippen molar-refractivity contribution in [2.24, 2.45) is 5.92 Å². The monoisotopic (exact) mass is 364 g/mol. The number of cyclic esters (lactones) is 1. The SMILES string of the molecule is CC(C)[C@H]1COC(=O)N1Cc1cncc(-c2ccc(F)c(C(F)F)c2)c1. The minimum Gasteiger partial charge on any atom is -0.447 e. The number of carbonyl (C=O) groups excluding carboxylic acids is 1. The maximum absolute atomic E-state index is 13.5. The van der Waals surface area contributed by atoms with E-state index in [-0.39, 0.29) is 18.1 Å². The first-order valence-corrected chi connectivity index (χ1v) is 8.32. The molecule has 2 aromatic rings. The van der Waals surface area contributed by atoms with Crippen molar-refractivity contribution in [1.29, 1.82) is 0 Å². The third kappa shape index (κ3) is 3.66. The van der Waals surface area contributed by atoms with Gasteiger partial charge in [0.1, 0.15) is 12.4 Å². The summed E-state index contributed by atoms with van der Waals surface area (Å²) >= 11 is 0. The van der Waals surface area contributed by atoms with Gasteiger partial charge in [-0.2, -0.15) is 0 Å². The van der Waals surface area contributed by atoms with Gasteiger partial charge < -0.3 is 4.74 Å². The molecule has 7 heteroatoms. The quantitative estimate of drug-likeness (QED) is 0.765. The van der Waals surface area contributed by atoms with Crippen molar-refractivity contribution in [1.82, 2.24) is 9.88 Å². The van der Waals surface area contributed by atoms with Crippen molar-refractivity contribution in [3.05, 3.63) is 53.6 Å². The number of alkyl halides is 2. The third-order valence-electron chi connectivity index (χ3n) is 4.49. The van der Waals surface area contributed by atoms with Crippen LogP contribution in [0.3, 0.4) is 0 Å². The Balaban J connectivity index is 1.87. The molecule has 1 saturated heterocycles. The highest BCUT2D eigenvalue weighted by Gasteiger charge is 2.34. The van der Waals surface area contributed by atoms with E-state index in [9.17, 15) is 18.0 Å². The van der Waals surface area contributed by atoms with Crippen molar-refractivity contribution >= 4 is 6.09 Å². The summed E-state index contributed by atoms with van der Waals surface area (Å²) in [7, 11) is 0. The van der Waals surface area contributed by atoms with Crippen LogP contribution < -0.4 is 0 Å². The predicted molar refractivity (Wildman–Crippen MR) is 90.1 cm³/mol. The van der Waals surface area contributed by atoms with E-state index >= 15 is 0 Å². The molecule has 26 heavy (non-hydrogen) atoms. The lowest BCUT2D eigenvalue weighted by atomic mass is 10.0. The van der Waals surface area contributed by atoms with Gasteiger partial charge in [0.2, 0.25) is 0 Å². The first-order chi connectivity index (χ1) is 12.4. The van der Waals surface area contributed by atoms with Crippen LogP contribution in [0.5, 0.6) is 0 Å². The van der Waals surface area contributed by atoms with Gasteiger partial charge in [-0.15, -0.1) is 0 Å². The molecule has 0 aliphatic carbocycles. The van der Waals surface area contributed by atoms with Crippen molar-refractivity contribution in [2.45, 2.75) is 32.9 Å². The summed E-state index contributed by atoms with van der Waals surface area (Å²) in [5.74, 6) is -0.698. The minimum absolute atomic E-state index is 0.0255. The first kappa shape index (κ1) is 18.2. The maximum atomic E-state index is 13.5. The molecule has 1 amide bonds. The number of pyridine rings is 1. The molecule has 0 unspecified atom stereocenters. The van der Waals surface area contributed by atoms with Crippen LogP contribution in [0.2, 0.25) is 0 Å². The van der Waals surface area contributed by atoms with Crippen LogP contribution >= 0.6 is 0 Å². The molecule has 0 spiro atoms. The largest absolute Gasteiger partial charge is 0.447 e. The normalized spacial score (nSPS) is 17.3. The van der Waals surface area contributed by atoms with E-state index in [0.29, 0.717) is 24.3 Å². The second-order valence-electron chi connectivity index (χ2n) is 6.64. The Labute approximate surface area is 149 Å². The molecular formula is C19H19F3N2O2. The van der Waals surface area contributed by atoms with Gasteiger partial charge in [-0.3, -0.25) is 9.88 Å². The number of amides is 1. The zero-order valence-corrected chi connectivity index (χ0v) is 14.5. The summed E-state index contributed by atoms with van der Waals surface area (Å²) in [6.45, 7) is 4.68. The number of ether oxygens (including phenoxy) is 1. The van der Waals surface area contributed by atoms with Gasteiger partial charge in [0.25, 0.3) is 6.43 Å². The highest BCUT2D eigenvalue weighted by molar-refractivity contribution is 5.70. The van der Waals surface area contributed by atoms with E-state index in [0.717, 1.165) is 17.7 Å². The molecule has 138 valence electrons. The minimum atomic E-state index is -2.89. The Hall–Kier alpha value is -2.57. The molecule has 0 N–H and O–H groups in total. The van der Waals surface area contributed by atoms with E-state index in [1.54, 1.807) is 17.2 Å². The number of aromatic nitrogens is 1. The van der Waals surface area contributed by atoms with Crippen molar-refractivity contribution in [3.8, 4) is 11.1 Å². The maximum Gasteiger partial charge on any atom is 0.410 e. The molecule has 3 rings (SSSR count). The molecule has 1 aliphatic rings. The average molecular weight is 364 g/mol. The number of benzene rings is 1. The van der Waals surface area contributed by atoms with Crippen LogP contribution in [0.15, 0.2) is 36.7 Å². The number of carbonyl (C=O) groups is 1. The molecule has 1 fully saturated rings. The molecule has 1 aliphatic heterocycles. The standard InChI is InChI=1S/C19H19F3N2O2/c1-11(2)17-10-26-19(25)24(17)9-12-5-14(8-23-7-12)13-3-4-16(20)15(6-13)18(21)22/h3-8,11,17-18H,9-10H2,1-2H3/t17-/m1/s1. The van der Waals surface area contributed by atoms with E-state index < -0.39 is 17.8 Å². The van der Waals surface area contributed by atoms with E-state index in [4.69, 9.17) is 4.74 Å². The van der Waals surface area contributed by atoms with Gasteiger partial charge in [0, 0.05) is 18.0 Å². The number of hydrogen-bond acceptors (Lipinski definition) is 3. The van der Waals surface area contributed by atoms with Gasteiger partial charge in [-0.05, 0) is 35.2 Å². The van der Waals surface area contributed by atoms with Crippen LogP contribution in [0.4, 0.5) is 18.0 Å². The number of nitrogens with zero attached hydrogens (tertiary/aromatic N) is 2. The summed E-state index contributed by atoms with van der Waals surface area (Å²) in [6.07, 6.45) is -0.133. The molecule has 1 aromatic carbocycles. The van der Waals surface area contributed by atoms with Crippen LogP contribution in [-0.2, 0) is 11.3 Å². The number of rotatable bonds is 5. The average Bonchev–Trinajstić information content (AvgIpc) is 2.96. The van der Waals surface area contributed by atoms with Crippen molar-refractivity contribution in [3.63, 3.8) is 0 Å². The van der Waals surface area contributed by atoms with Crippen LogP contribution in [0, 0.1) is 11.7 Å². The summed E-state index contributed by atoms with van der Waals surface area (Å²) in [6, 6.07) is 5.32. The Morgan fingerprint density at radius 3 is 2.69 bits per heavy atom. The molecule has 0 radical (unpaired) electrons. The van der Waals surface area contributed by atoms with E-state index in [2.05, 4.69) is 4.98 Å². The van der Waals surface area contributed by atoms with E-state index in [1.165, 1.54) is 12.3 Å². The predicted octanol–water partition coefficient (Wildman–Crippen LogP) is 4.80. The van der Waals surface area contributed by atoms with Crippen LogP contribution in [-0.4, -0.2) is 28.6 Å². The Kier molecular flexibility index (Phi) is 5.15. The lowest BCUT2D eigenvalue weighted by Crippen LogP contribution is -2.36. The Morgan fingerprint density at radius 1 is 1.23 bits per heavy atom.